The van der Waals surface area contributed by atoms with Gasteiger partial charge in [0.2, 0.25) is 0 Å². The second-order valence-corrected chi connectivity index (χ2v) is 4.52. The maximum atomic E-state index is 11.6. The molecule has 94 valence electrons. The lowest BCUT2D eigenvalue weighted by Crippen LogP contribution is -2.17. The molecule has 1 aliphatic heterocycles. The third kappa shape index (κ3) is 2.36. The molecule has 0 radical (unpaired) electrons. The van der Waals surface area contributed by atoms with E-state index in [1.165, 1.54) is 7.11 Å². The van der Waals surface area contributed by atoms with Crippen LogP contribution in [0.25, 0.3) is 0 Å². The molecule has 0 aromatic carbocycles. The van der Waals surface area contributed by atoms with Gasteiger partial charge in [-0.15, -0.1) is 0 Å². The smallest absolute Gasteiger partial charge is 0.339 e. The Hall–Kier alpha value is -1.29. The Morgan fingerprint density at radius 2 is 2.35 bits per heavy atom. The number of carbonyl (C=O) groups excluding carboxylic acids is 1. The summed E-state index contributed by atoms with van der Waals surface area (Å²) in [5.74, 6) is -0.267. The summed E-state index contributed by atoms with van der Waals surface area (Å²) in [6.07, 6.45) is 2.52. The molecule has 0 saturated carbocycles. The normalized spacial score (nSPS) is 19.6. The Morgan fingerprint density at radius 3 is 2.94 bits per heavy atom. The predicted octanol–water partition coefficient (Wildman–Crippen LogP) is 2.07. The van der Waals surface area contributed by atoms with E-state index in [1.54, 1.807) is 0 Å². The molecular formula is C13H19NO3. The van der Waals surface area contributed by atoms with Gasteiger partial charge >= 0.3 is 5.97 Å². The van der Waals surface area contributed by atoms with E-state index in [9.17, 15) is 4.79 Å². The molecule has 0 unspecified atom stereocenters. The van der Waals surface area contributed by atoms with Gasteiger partial charge in [0.05, 0.1) is 18.8 Å². The standard InChI is InChI=1S/C13H19NO3/c1-9-7-12(13(15)16-3)10(2)14(9)8-11-5-4-6-17-11/h7,11H,4-6,8H2,1-3H3/t11-/m0/s1. The van der Waals surface area contributed by atoms with Crippen LogP contribution < -0.4 is 0 Å². The molecule has 2 rings (SSSR count). The second-order valence-electron chi connectivity index (χ2n) is 4.52. The van der Waals surface area contributed by atoms with Crippen molar-refractivity contribution in [1.82, 2.24) is 4.57 Å². The molecule has 1 saturated heterocycles. The van der Waals surface area contributed by atoms with Crippen LogP contribution in [-0.2, 0) is 16.0 Å². The number of hydrogen-bond acceptors (Lipinski definition) is 3. The maximum Gasteiger partial charge on any atom is 0.339 e. The van der Waals surface area contributed by atoms with Gasteiger partial charge in [-0.2, -0.15) is 0 Å². The van der Waals surface area contributed by atoms with Gasteiger partial charge < -0.3 is 14.0 Å². The van der Waals surface area contributed by atoms with Crippen molar-refractivity contribution in [1.29, 1.82) is 0 Å². The zero-order valence-corrected chi connectivity index (χ0v) is 10.7. The summed E-state index contributed by atoms with van der Waals surface area (Å²) >= 11 is 0. The zero-order chi connectivity index (χ0) is 12.4. The van der Waals surface area contributed by atoms with E-state index in [0.717, 1.165) is 37.4 Å². The minimum absolute atomic E-state index is 0.267. The predicted molar refractivity (Wildman–Crippen MR) is 64.2 cm³/mol. The van der Waals surface area contributed by atoms with Crippen molar-refractivity contribution < 1.29 is 14.3 Å². The summed E-state index contributed by atoms with van der Waals surface area (Å²) in [5.41, 5.74) is 2.70. The molecule has 1 aromatic rings. The van der Waals surface area contributed by atoms with Gasteiger partial charge in [-0.3, -0.25) is 0 Å². The number of ether oxygens (including phenoxy) is 2. The fourth-order valence-corrected chi connectivity index (χ4v) is 2.39. The van der Waals surface area contributed by atoms with Crippen LogP contribution in [0.2, 0.25) is 0 Å². The van der Waals surface area contributed by atoms with Crippen molar-refractivity contribution in [3.8, 4) is 0 Å². The van der Waals surface area contributed by atoms with Crippen molar-refractivity contribution >= 4 is 5.97 Å². The minimum Gasteiger partial charge on any atom is -0.465 e. The highest BCUT2D eigenvalue weighted by Gasteiger charge is 2.21. The number of hydrogen-bond donors (Lipinski definition) is 0. The molecule has 4 nitrogen and oxygen atoms in total. The van der Waals surface area contributed by atoms with Crippen molar-refractivity contribution in [2.45, 2.75) is 39.3 Å². The third-order valence-electron chi connectivity index (χ3n) is 3.39. The van der Waals surface area contributed by atoms with E-state index < -0.39 is 0 Å². The van der Waals surface area contributed by atoms with E-state index in [-0.39, 0.29) is 12.1 Å². The fraction of sp³-hybridized carbons (Fsp3) is 0.615. The first-order chi connectivity index (χ1) is 8.13. The van der Waals surface area contributed by atoms with Gasteiger partial charge in [0, 0.05) is 24.5 Å². The molecule has 1 aliphatic rings. The Morgan fingerprint density at radius 1 is 1.59 bits per heavy atom. The number of rotatable bonds is 3. The molecule has 0 amide bonds. The number of aromatic nitrogens is 1. The number of nitrogens with zero attached hydrogens (tertiary/aromatic N) is 1. The van der Waals surface area contributed by atoms with Crippen LogP contribution in [0.3, 0.4) is 0 Å². The Kier molecular flexibility index (Phi) is 3.52. The quantitative estimate of drug-likeness (QED) is 0.756. The molecule has 0 bridgehead atoms. The van der Waals surface area contributed by atoms with Crippen molar-refractivity contribution in [3.05, 3.63) is 23.0 Å². The van der Waals surface area contributed by atoms with Crippen LogP contribution >= 0.6 is 0 Å². The molecule has 4 heteroatoms. The first-order valence-corrected chi connectivity index (χ1v) is 6.00. The number of esters is 1. The zero-order valence-electron chi connectivity index (χ0n) is 10.7. The van der Waals surface area contributed by atoms with Crippen LogP contribution in [0.4, 0.5) is 0 Å². The van der Waals surface area contributed by atoms with E-state index in [0.29, 0.717) is 5.56 Å². The highest BCUT2D eigenvalue weighted by Crippen LogP contribution is 2.20. The number of methoxy groups -OCH3 is 1. The summed E-state index contributed by atoms with van der Waals surface area (Å²) in [4.78, 5) is 11.6. The molecule has 0 aliphatic carbocycles. The van der Waals surface area contributed by atoms with Gasteiger partial charge in [0.15, 0.2) is 0 Å². The lowest BCUT2D eigenvalue weighted by Gasteiger charge is -2.14. The number of carbonyl (C=O) groups is 1. The van der Waals surface area contributed by atoms with Crippen molar-refractivity contribution in [3.63, 3.8) is 0 Å². The van der Waals surface area contributed by atoms with Gasteiger partial charge in [-0.25, -0.2) is 4.79 Å². The fourth-order valence-electron chi connectivity index (χ4n) is 2.39. The largest absolute Gasteiger partial charge is 0.465 e. The highest BCUT2D eigenvalue weighted by atomic mass is 16.5. The third-order valence-corrected chi connectivity index (χ3v) is 3.39. The summed E-state index contributed by atoms with van der Waals surface area (Å²) < 4.78 is 12.5. The Labute approximate surface area is 102 Å². The van der Waals surface area contributed by atoms with E-state index >= 15 is 0 Å². The van der Waals surface area contributed by atoms with Crippen LogP contribution in [0, 0.1) is 13.8 Å². The molecule has 17 heavy (non-hydrogen) atoms. The average molecular weight is 237 g/mol. The van der Waals surface area contributed by atoms with Crippen LogP contribution in [-0.4, -0.2) is 30.4 Å². The summed E-state index contributed by atoms with van der Waals surface area (Å²) in [5, 5.41) is 0. The first-order valence-electron chi connectivity index (χ1n) is 6.00. The molecule has 1 atom stereocenters. The van der Waals surface area contributed by atoms with E-state index in [4.69, 9.17) is 9.47 Å². The van der Waals surface area contributed by atoms with Gasteiger partial charge in [-0.05, 0) is 32.8 Å². The molecule has 0 spiro atoms. The van der Waals surface area contributed by atoms with Crippen molar-refractivity contribution in [2.24, 2.45) is 0 Å². The molecule has 0 N–H and O–H groups in total. The Balaban J connectivity index is 2.21. The Bertz CT molecular complexity index is 417. The lowest BCUT2D eigenvalue weighted by atomic mass is 10.2. The van der Waals surface area contributed by atoms with Crippen molar-refractivity contribution in [2.75, 3.05) is 13.7 Å². The topological polar surface area (TPSA) is 40.5 Å². The summed E-state index contributed by atoms with van der Waals surface area (Å²) in [6, 6.07) is 1.89. The van der Waals surface area contributed by atoms with Crippen LogP contribution in [0.1, 0.15) is 34.6 Å². The molecule has 1 aromatic heterocycles. The first kappa shape index (κ1) is 12.2. The van der Waals surface area contributed by atoms with Gasteiger partial charge in [0.25, 0.3) is 0 Å². The summed E-state index contributed by atoms with van der Waals surface area (Å²) in [7, 11) is 1.41. The van der Waals surface area contributed by atoms with Crippen LogP contribution in [0.15, 0.2) is 6.07 Å². The minimum atomic E-state index is -0.267. The monoisotopic (exact) mass is 237 g/mol. The average Bonchev–Trinajstić information content (AvgIpc) is 2.91. The van der Waals surface area contributed by atoms with E-state index in [1.807, 2.05) is 19.9 Å². The maximum absolute atomic E-state index is 11.6. The highest BCUT2D eigenvalue weighted by molar-refractivity contribution is 5.91. The second kappa shape index (κ2) is 4.92. The SMILES string of the molecule is COC(=O)c1cc(C)n(C[C@@H]2CCCO2)c1C. The van der Waals surface area contributed by atoms with Crippen LogP contribution in [0.5, 0.6) is 0 Å². The lowest BCUT2D eigenvalue weighted by molar-refractivity contribution is 0.0599. The van der Waals surface area contributed by atoms with Gasteiger partial charge in [-0.1, -0.05) is 0 Å². The summed E-state index contributed by atoms with van der Waals surface area (Å²) in [6.45, 7) is 5.64. The number of aryl methyl sites for hydroxylation is 1. The van der Waals surface area contributed by atoms with Gasteiger partial charge in [0.1, 0.15) is 0 Å². The molecule has 1 fully saturated rings. The molecule has 2 heterocycles. The van der Waals surface area contributed by atoms with E-state index in [2.05, 4.69) is 4.57 Å². The molecular weight excluding hydrogens is 218 g/mol.